The summed E-state index contributed by atoms with van der Waals surface area (Å²) in [6, 6.07) is 5.13. The lowest BCUT2D eigenvalue weighted by Crippen LogP contribution is -2.40. The average molecular weight is 318 g/mol. The third-order valence-corrected chi connectivity index (χ3v) is 3.36. The Morgan fingerprint density at radius 3 is 2.64 bits per heavy atom. The van der Waals surface area contributed by atoms with Crippen LogP contribution >= 0.6 is 0 Å². The van der Waals surface area contributed by atoms with Gasteiger partial charge in [0.1, 0.15) is 5.75 Å². The Balaban J connectivity index is 1.89. The van der Waals surface area contributed by atoms with Crippen molar-refractivity contribution in [2.24, 2.45) is 0 Å². The minimum Gasteiger partial charge on any atom is -0.484 e. The predicted octanol–water partition coefficient (Wildman–Crippen LogP) is 2.62. The molecule has 2 rings (SSSR count). The second kappa shape index (κ2) is 6.87. The van der Waals surface area contributed by atoms with Crippen LogP contribution in [0.3, 0.4) is 0 Å². The molecule has 1 atom stereocenters. The summed E-state index contributed by atoms with van der Waals surface area (Å²) in [7, 11) is 0. The molecule has 122 valence electrons. The highest BCUT2D eigenvalue weighted by Crippen LogP contribution is 2.22. The van der Waals surface area contributed by atoms with Crippen LogP contribution in [0, 0.1) is 0 Å². The first-order valence-corrected chi connectivity index (χ1v) is 6.87. The molecule has 0 bridgehead atoms. The lowest BCUT2D eigenvalue weighted by atomic mass is 10.2. The maximum absolute atomic E-state index is 12.0. The second-order valence-corrected chi connectivity index (χ2v) is 5.03. The molecule has 0 aromatic heterocycles. The number of aliphatic hydroxyl groups is 1. The first kappa shape index (κ1) is 16.4. The van der Waals surface area contributed by atoms with Gasteiger partial charge in [0.25, 0.3) is 0 Å². The van der Waals surface area contributed by atoms with Gasteiger partial charge < -0.3 is 20.1 Å². The van der Waals surface area contributed by atoms with Gasteiger partial charge in [-0.2, -0.15) is 13.2 Å². The van der Waals surface area contributed by atoms with E-state index in [1.165, 1.54) is 24.3 Å². The Labute approximate surface area is 125 Å². The Bertz CT molecular complexity index is 505. The fourth-order valence-corrected chi connectivity index (χ4v) is 2.29. The zero-order valence-electron chi connectivity index (χ0n) is 11.8. The summed E-state index contributed by atoms with van der Waals surface area (Å²) in [6.45, 7) is -0.869. The maximum Gasteiger partial charge on any atom is 0.422 e. The zero-order valence-corrected chi connectivity index (χ0v) is 11.8. The smallest absolute Gasteiger partial charge is 0.422 e. The van der Waals surface area contributed by atoms with Crippen LogP contribution in [0.25, 0.3) is 0 Å². The highest BCUT2D eigenvalue weighted by Gasteiger charge is 2.29. The number of rotatable bonds is 4. The first-order valence-electron chi connectivity index (χ1n) is 6.87. The van der Waals surface area contributed by atoms with Crippen LogP contribution < -0.4 is 10.1 Å². The fraction of sp³-hybridized carbons (Fsp3) is 0.500. The molecule has 0 saturated carbocycles. The molecule has 0 aliphatic carbocycles. The number of amides is 2. The number of ether oxygens (including phenoxy) is 1. The van der Waals surface area contributed by atoms with Crippen molar-refractivity contribution in [3.05, 3.63) is 24.3 Å². The van der Waals surface area contributed by atoms with Crippen molar-refractivity contribution in [2.75, 3.05) is 25.1 Å². The van der Waals surface area contributed by atoms with Gasteiger partial charge in [-0.15, -0.1) is 0 Å². The first-order chi connectivity index (χ1) is 10.4. The van der Waals surface area contributed by atoms with Crippen LogP contribution in [0.1, 0.15) is 12.8 Å². The zero-order chi connectivity index (χ0) is 16.2. The molecule has 2 N–H and O–H groups in total. The molecule has 1 aromatic carbocycles. The van der Waals surface area contributed by atoms with Gasteiger partial charge in [-0.1, -0.05) is 0 Å². The van der Waals surface area contributed by atoms with Crippen molar-refractivity contribution < 1.29 is 27.8 Å². The topological polar surface area (TPSA) is 61.8 Å². The molecular weight excluding hydrogens is 301 g/mol. The van der Waals surface area contributed by atoms with E-state index in [0.717, 1.165) is 12.8 Å². The largest absolute Gasteiger partial charge is 0.484 e. The predicted molar refractivity (Wildman–Crippen MR) is 73.8 cm³/mol. The van der Waals surface area contributed by atoms with Gasteiger partial charge in [0.2, 0.25) is 0 Å². The summed E-state index contributed by atoms with van der Waals surface area (Å²) in [5.41, 5.74) is 0.452. The van der Waals surface area contributed by atoms with E-state index >= 15 is 0 Å². The van der Waals surface area contributed by atoms with Gasteiger partial charge in [-0.3, -0.25) is 0 Å². The van der Waals surface area contributed by atoms with Gasteiger partial charge in [0.05, 0.1) is 12.6 Å². The van der Waals surface area contributed by atoms with Crippen LogP contribution in [-0.4, -0.2) is 48.0 Å². The molecule has 1 aromatic rings. The van der Waals surface area contributed by atoms with Crippen LogP contribution in [0.15, 0.2) is 24.3 Å². The van der Waals surface area contributed by atoms with Gasteiger partial charge in [0, 0.05) is 12.2 Å². The van der Waals surface area contributed by atoms with Crippen LogP contribution in [-0.2, 0) is 0 Å². The number of alkyl halides is 3. The molecule has 5 nitrogen and oxygen atoms in total. The summed E-state index contributed by atoms with van der Waals surface area (Å²) in [4.78, 5) is 13.6. The van der Waals surface area contributed by atoms with Gasteiger partial charge in [-0.05, 0) is 37.1 Å². The second-order valence-electron chi connectivity index (χ2n) is 5.03. The van der Waals surface area contributed by atoms with Gasteiger partial charge >= 0.3 is 12.2 Å². The van der Waals surface area contributed by atoms with E-state index < -0.39 is 12.8 Å². The number of benzene rings is 1. The number of anilines is 1. The highest BCUT2D eigenvalue weighted by molar-refractivity contribution is 5.89. The number of aliphatic hydroxyl groups excluding tert-OH is 1. The molecule has 22 heavy (non-hydrogen) atoms. The van der Waals surface area contributed by atoms with Gasteiger partial charge in [-0.25, -0.2) is 4.79 Å². The summed E-state index contributed by atoms with van der Waals surface area (Å²) in [5.74, 6) is 0.0738. The molecule has 0 radical (unpaired) electrons. The average Bonchev–Trinajstić information content (AvgIpc) is 2.94. The molecule has 1 heterocycles. The standard InChI is InChI=1S/C14H17F3N2O3/c15-14(16,17)9-22-12-5-3-10(4-6-12)18-13(21)19-7-1-2-11(19)8-20/h3-6,11,20H,1-2,7-9H2,(H,18,21)/t11-/m0/s1. The number of nitrogens with zero attached hydrogens (tertiary/aromatic N) is 1. The molecular formula is C14H17F3N2O3. The van der Waals surface area contributed by atoms with E-state index in [4.69, 9.17) is 0 Å². The molecule has 8 heteroatoms. The van der Waals surface area contributed by atoms with Crippen LogP contribution in [0.2, 0.25) is 0 Å². The summed E-state index contributed by atoms with van der Waals surface area (Å²) in [5, 5.41) is 11.8. The number of likely N-dealkylation sites (tertiary alicyclic amines) is 1. The Hall–Kier alpha value is -1.96. The molecule has 1 aliphatic rings. The molecule has 0 spiro atoms. The minimum absolute atomic E-state index is 0.0738. The third-order valence-electron chi connectivity index (χ3n) is 3.36. The number of nitrogens with one attached hydrogen (secondary N) is 1. The maximum atomic E-state index is 12.0. The van der Waals surface area contributed by atoms with Crippen molar-refractivity contribution in [3.63, 3.8) is 0 Å². The van der Waals surface area contributed by atoms with Crippen molar-refractivity contribution in [3.8, 4) is 5.75 Å². The number of halogens is 3. The summed E-state index contributed by atoms with van der Waals surface area (Å²) in [6.07, 6.45) is -2.79. The number of carbonyl (C=O) groups is 1. The normalized spacial score (nSPS) is 18.4. The molecule has 1 fully saturated rings. The Kier molecular flexibility index (Phi) is 5.12. The van der Waals surface area contributed by atoms with E-state index in [1.807, 2.05) is 0 Å². The van der Waals surface area contributed by atoms with Crippen LogP contribution in [0.4, 0.5) is 23.7 Å². The number of urea groups is 1. The SMILES string of the molecule is O=C(Nc1ccc(OCC(F)(F)F)cc1)N1CCC[C@H]1CO. The molecule has 1 aliphatic heterocycles. The van der Waals surface area contributed by atoms with Crippen LogP contribution in [0.5, 0.6) is 5.75 Å². The Morgan fingerprint density at radius 2 is 2.05 bits per heavy atom. The van der Waals surface area contributed by atoms with Crippen molar-refractivity contribution in [1.82, 2.24) is 4.90 Å². The third kappa shape index (κ3) is 4.52. The lowest BCUT2D eigenvalue weighted by molar-refractivity contribution is -0.153. The van der Waals surface area contributed by atoms with E-state index in [0.29, 0.717) is 12.2 Å². The summed E-state index contributed by atoms with van der Waals surface area (Å²) < 4.78 is 40.7. The quantitative estimate of drug-likeness (QED) is 0.897. The molecule has 1 saturated heterocycles. The highest BCUT2D eigenvalue weighted by atomic mass is 19.4. The summed E-state index contributed by atoms with van der Waals surface area (Å²) >= 11 is 0. The molecule has 0 unspecified atom stereocenters. The Morgan fingerprint density at radius 1 is 1.36 bits per heavy atom. The number of hydrogen-bond donors (Lipinski definition) is 2. The van der Waals surface area contributed by atoms with Crippen molar-refractivity contribution in [2.45, 2.75) is 25.1 Å². The van der Waals surface area contributed by atoms with Gasteiger partial charge in [0.15, 0.2) is 6.61 Å². The monoisotopic (exact) mass is 318 g/mol. The van der Waals surface area contributed by atoms with E-state index in [1.54, 1.807) is 4.90 Å². The van der Waals surface area contributed by atoms with E-state index in [-0.39, 0.29) is 24.4 Å². The number of hydrogen-bond acceptors (Lipinski definition) is 3. The lowest BCUT2D eigenvalue weighted by Gasteiger charge is -2.23. The number of carbonyl (C=O) groups excluding carboxylic acids is 1. The van der Waals surface area contributed by atoms with Crippen molar-refractivity contribution >= 4 is 11.7 Å². The van der Waals surface area contributed by atoms with E-state index in [2.05, 4.69) is 10.1 Å². The van der Waals surface area contributed by atoms with Crippen molar-refractivity contribution in [1.29, 1.82) is 0 Å². The van der Waals surface area contributed by atoms with E-state index in [9.17, 15) is 23.1 Å². The minimum atomic E-state index is -4.39. The molecule has 2 amide bonds. The fourth-order valence-electron chi connectivity index (χ4n) is 2.29.